The third-order valence-electron chi connectivity index (χ3n) is 4.85. The number of nitrogens with one attached hydrogen (secondary N) is 2. The number of carbonyl (C=O) groups excluding carboxylic acids is 1. The van der Waals surface area contributed by atoms with Gasteiger partial charge >= 0.3 is 6.03 Å². The number of aromatic nitrogens is 3. The Bertz CT molecular complexity index is 841. The first-order valence-electron chi connectivity index (χ1n) is 10.6. The molecule has 0 bridgehead atoms. The summed E-state index contributed by atoms with van der Waals surface area (Å²) in [6.45, 7) is 7.63. The Labute approximate surface area is 182 Å². The van der Waals surface area contributed by atoms with E-state index in [-0.39, 0.29) is 18.5 Å². The number of carbonyl (C=O) groups is 2. The summed E-state index contributed by atoms with van der Waals surface area (Å²) in [6.07, 6.45) is 4.97. The minimum atomic E-state index is -0.250. The van der Waals surface area contributed by atoms with E-state index in [4.69, 9.17) is 14.4 Å². The van der Waals surface area contributed by atoms with Gasteiger partial charge in [-0.05, 0) is 33.1 Å². The fourth-order valence-corrected chi connectivity index (χ4v) is 3.47. The van der Waals surface area contributed by atoms with Crippen LogP contribution >= 0.6 is 0 Å². The molecule has 1 saturated heterocycles. The van der Waals surface area contributed by atoms with E-state index in [2.05, 4.69) is 32.7 Å². The van der Waals surface area contributed by atoms with Crippen molar-refractivity contribution in [2.45, 2.75) is 58.9 Å². The average Bonchev–Trinajstić information content (AvgIpc) is 3.38. The Balaban J connectivity index is 0.00000107. The van der Waals surface area contributed by atoms with E-state index >= 15 is 0 Å². The number of nitrogens with zero attached hydrogens (tertiary/aromatic N) is 4. The highest BCUT2D eigenvalue weighted by atomic mass is 16.5. The van der Waals surface area contributed by atoms with E-state index in [0.29, 0.717) is 13.1 Å². The molecule has 3 heterocycles. The zero-order valence-electron chi connectivity index (χ0n) is 18.4. The maximum atomic E-state index is 12.6. The van der Waals surface area contributed by atoms with Gasteiger partial charge < -0.3 is 25.2 Å². The summed E-state index contributed by atoms with van der Waals surface area (Å²) in [5, 5.41) is 17.1. The molecule has 2 amide bonds. The van der Waals surface area contributed by atoms with Crippen molar-refractivity contribution in [3.8, 4) is 0 Å². The third-order valence-corrected chi connectivity index (χ3v) is 4.85. The topological polar surface area (TPSA) is 133 Å². The van der Waals surface area contributed by atoms with Gasteiger partial charge in [0.05, 0.1) is 11.7 Å². The summed E-state index contributed by atoms with van der Waals surface area (Å²) in [7, 11) is 0. The van der Waals surface area contributed by atoms with Crippen LogP contribution in [0.25, 0.3) is 0 Å². The van der Waals surface area contributed by atoms with Crippen LogP contribution in [0.5, 0.6) is 0 Å². The number of unbranched alkanes of at least 4 members (excludes halogenated alkanes) is 1. The molecular formula is C21H32N6O4. The molecular weight excluding hydrogens is 400 g/mol. The number of carboxylic acid groups (broad SMARTS) is 1. The molecule has 2 aromatic rings. The average molecular weight is 433 g/mol. The van der Waals surface area contributed by atoms with Crippen molar-refractivity contribution in [2.75, 3.05) is 25.0 Å². The largest absolute Gasteiger partial charge is 0.483 e. The number of urea groups is 1. The predicted molar refractivity (Wildman–Crippen MR) is 116 cm³/mol. The fraction of sp³-hybridized carbons (Fsp3) is 0.571. The van der Waals surface area contributed by atoms with Crippen molar-refractivity contribution in [1.82, 2.24) is 25.3 Å². The third kappa shape index (κ3) is 7.54. The first kappa shape index (κ1) is 24.1. The second-order valence-electron chi connectivity index (χ2n) is 7.40. The zero-order valence-corrected chi connectivity index (χ0v) is 18.4. The van der Waals surface area contributed by atoms with E-state index < -0.39 is 0 Å². The molecule has 10 nitrogen and oxygen atoms in total. The van der Waals surface area contributed by atoms with Crippen LogP contribution in [-0.2, 0) is 11.2 Å². The molecule has 1 unspecified atom stereocenters. The van der Waals surface area contributed by atoms with Gasteiger partial charge in [0.15, 0.2) is 5.76 Å². The molecule has 1 aliphatic heterocycles. The van der Waals surface area contributed by atoms with Gasteiger partial charge in [0.25, 0.3) is 6.47 Å². The van der Waals surface area contributed by atoms with E-state index in [1.54, 1.807) is 0 Å². The molecule has 1 atom stereocenters. The zero-order chi connectivity index (χ0) is 22.6. The number of hydrogen-bond acceptors (Lipinski definition) is 7. The van der Waals surface area contributed by atoms with Crippen LogP contribution in [0, 0.1) is 13.8 Å². The first-order valence-corrected chi connectivity index (χ1v) is 10.6. The highest BCUT2D eigenvalue weighted by Gasteiger charge is 2.32. The van der Waals surface area contributed by atoms with Crippen LogP contribution in [0.4, 0.5) is 10.6 Å². The van der Waals surface area contributed by atoms with Crippen molar-refractivity contribution in [3.63, 3.8) is 0 Å². The monoisotopic (exact) mass is 432 g/mol. The molecule has 0 aromatic carbocycles. The summed E-state index contributed by atoms with van der Waals surface area (Å²) < 4.78 is 5.36. The molecule has 1 fully saturated rings. The van der Waals surface area contributed by atoms with Crippen molar-refractivity contribution in [1.29, 1.82) is 0 Å². The Morgan fingerprint density at radius 2 is 2.06 bits per heavy atom. The van der Waals surface area contributed by atoms with Gasteiger partial charge in [-0.25, -0.2) is 14.8 Å². The SMILES string of the molecule is CCCCc1nc(C)cc(NCCNC(=O)N2CCCC2c2cc(C)no2)n1.O=CO. The lowest BCUT2D eigenvalue weighted by molar-refractivity contribution is -0.122. The second kappa shape index (κ2) is 12.5. The van der Waals surface area contributed by atoms with Gasteiger partial charge in [0.1, 0.15) is 11.6 Å². The van der Waals surface area contributed by atoms with Gasteiger partial charge in [0.2, 0.25) is 0 Å². The standard InChI is InChI=1S/C20H30N6O2.CH2O2/c1-4-5-8-18-23-14(2)13-19(24-18)21-9-10-22-20(27)26-11-6-7-16(26)17-12-15(3)25-28-17;2-1-3/h12-13,16H,4-11H2,1-3H3,(H,22,27)(H,21,23,24);1H,(H,2,3). The summed E-state index contributed by atoms with van der Waals surface area (Å²) in [5.41, 5.74) is 1.79. The molecule has 31 heavy (non-hydrogen) atoms. The number of aryl methyl sites for hydroxylation is 3. The van der Waals surface area contributed by atoms with E-state index in [0.717, 1.165) is 67.4 Å². The van der Waals surface area contributed by atoms with Crippen molar-refractivity contribution >= 4 is 18.3 Å². The van der Waals surface area contributed by atoms with E-state index in [9.17, 15) is 4.79 Å². The maximum Gasteiger partial charge on any atom is 0.318 e. The maximum absolute atomic E-state index is 12.6. The van der Waals surface area contributed by atoms with Crippen LogP contribution in [-0.4, -0.2) is 57.3 Å². The number of hydrogen-bond donors (Lipinski definition) is 3. The smallest absolute Gasteiger partial charge is 0.318 e. The lowest BCUT2D eigenvalue weighted by Gasteiger charge is -2.23. The van der Waals surface area contributed by atoms with Gasteiger partial charge in [0, 0.05) is 43.9 Å². The molecule has 2 aromatic heterocycles. The van der Waals surface area contributed by atoms with Crippen LogP contribution in [0.2, 0.25) is 0 Å². The van der Waals surface area contributed by atoms with E-state index in [1.807, 2.05) is 30.9 Å². The minimum absolute atomic E-state index is 0.0280. The number of amides is 2. The van der Waals surface area contributed by atoms with E-state index in [1.165, 1.54) is 0 Å². The molecule has 0 spiro atoms. The molecule has 10 heteroatoms. The molecule has 0 radical (unpaired) electrons. The highest BCUT2D eigenvalue weighted by molar-refractivity contribution is 5.75. The highest BCUT2D eigenvalue weighted by Crippen LogP contribution is 2.32. The van der Waals surface area contributed by atoms with Gasteiger partial charge in [-0.2, -0.15) is 0 Å². The van der Waals surface area contributed by atoms with Crippen LogP contribution < -0.4 is 10.6 Å². The van der Waals surface area contributed by atoms with Crippen molar-refractivity contribution in [3.05, 3.63) is 35.1 Å². The number of rotatable bonds is 8. The molecule has 1 aliphatic rings. The van der Waals surface area contributed by atoms with Crippen LogP contribution in [0.1, 0.15) is 61.6 Å². The Kier molecular flexibility index (Phi) is 9.73. The van der Waals surface area contributed by atoms with Crippen molar-refractivity contribution in [2.24, 2.45) is 0 Å². The number of anilines is 1. The minimum Gasteiger partial charge on any atom is -0.483 e. The lowest BCUT2D eigenvalue weighted by atomic mass is 10.1. The molecule has 0 aliphatic carbocycles. The Hall–Kier alpha value is -3.17. The molecule has 0 saturated carbocycles. The summed E-state index contributed by atoms with van der Waals surface area (Å²) in [6, 6.07) is 3.74. The molecule has 170 valence electrons. The number of likely N-dealkylation sites (tertiary alicyclic amines) is 1. The van der Waals surface area contributed by atoms with Gasteiger partial charge in [-0.15, -0.1) is 0 Å². The van der Waals surface area contributed by atoms with Gasteiger partial charge in [-0.3, -0.25) is 4.79 Å². The van der Waals surface area contributed by atoms with Crippen LogP contribution in [0.15, 0.2) is 16.7 Å². The molecule has 3 N–H and O–H groups in total. The summed E-state index contributed by atoms with van der Waals surface area (Å²) in [4.78, 5) is 31.8. The summed E-state index contributed by atoms with van der Waals surface area (Å²) >= 11 is 0. The Morgan fingerprint density at radius 3 is 2.74 bits per heavy atom. The van der Waals surface area contributed by atoms with Gasteiger partial charge in [-0.1, -0.05) is 18.5 Å². The fourth-order valence-electron chi connectivity index (χ4n) is 3.47. The second-order valence-corrected chi connectivity index (χ2v) is 7.40. The van der Waals surface area contributed by atoms with Crippen molar-refractivity contribution < 1.29 is 19.2 Å². The Morgan fingerprint density at radius 1 is 1.29 bits per heavy atom. The summed E-state index contributed by atoms with van der Waals surface area (Å²) in [5.74, 6) is 2.44. The predicted octanol–water partition coefficient (Wildman–Crippen LogP) is 3.08. The molecule has 3 rings (SSSR count). The van der Waals surface area contributed by atoms with Crippen LogP contribution in [0.3, 0.4) is 0 Å². The normalized spacial score (nSPS) is 15.2. The quantitative estimate of drug-likeness (QED) is 0.428. The first-order chi connectivity index (χ1) is 15.0. The lowest BCUT2D eigenvalue weighted by Crippen LogP contribution is -2.41.